The van der Waals surface area contributed by atoms with E-state index in [4.69, 9.17) is 0 Å². The van der Waals surface area contributed by atoms with Gasteiger partial charge >= 0.3 is 5.69 Å². The SMILES string of the molecule is CCn1c(SCCCn2c(=O)c3c(ncn3C)n(C)c2=O)nnc1-c1ccc(C(C)(C)C)cc1. The van der Waals surface area contributed by atoms with Gasteiger partial charge in [-0.05, 0) is 24.3 Å². The summed E-state index contributed by atoms with van der Waals surface area (Å²) in [6.07, 6.45) is 2.20. The van der Waals surface area contributed by atoms with Gasteiger partial charge in [-0.2, -0.15) is 0 Å². The maximum atomic E-state index is 12.8. The smallest absolute Gasteiger partial charge is 0.328 e. The van der Waals surface area contributed by atoms with Crippen molar-refractivity contribution in [1.29, 1.82) is 0 Å². The molecule has 0 fully saturated rings. The minimum absolute atomic E-state index is 0.0994. The molecule has 0 aliphatic carbocycles. The third-order valence-corrected chi connectivity index (χ3v) is 7.05. The van der Waals surface area contributed by atoms with Crippen LogP contribution in [0.15, 0.2) is 45.3 Å². The van der Waals surface area contributed by atoms with E-state index >= 15 is 0 Å². The zero-order chi connectivity index (χ0) is 24.6. The van der Waals surface area contributed by atoms with Crippen molar-refractivity contribution in [2.24, 2.45) is 14.1 Å². The van der Waals surface area contributed by atoms with Gasteiger partial charge in [-0.25, -0.2) is 9.78 Å². The van der Waals surface area contributed by atoms with Gasteiger partial charge in [-0.3, -0.25) is 13.9 Å². The molecule has 1 aromatic carbocycles. The monoisotopic (exact) mass is 481 g/mol. The van der Waals surface area contributed by atoms with E-state index in [1.54, 1.807) is 36.8 Å². The number of aromatic nitrogens is 7. The van der Waals surface area contributed by atoms with Crippen LogP contribution in [0, 0.1) is 0 Å². The van der Waals surface area contributed by atoms with E-state index in [0.717, 1.165) is 23.1 Å². The molecule has 0 saturated heterocycles. The molecule has 9 nitrogen and oxygen atoms in total. The lowest BCUT2D eigenvalue weighted by atomic mass is 9.87. The Morgan fingerprint density at radius 2 is 1.71 bits per heavy atom. The van der Waals surface area contributed by atoms with Gasteiger partial charge in [0.2, 0.25) is 0 Å². The van der Waals surface area contributed by atoms with Crippen LogP contribution in [0.25, 0.3) is 22.6 Å². The van der Waals surface area contributed by atoms with Gasteiger partial charge in [-0.15, -0.1) is 10.2 Å². The molecule has 4 aromatic rings. The van der Waals surface area contributed by atoms with Crippen molar-refractivity contribution in [2.45, 2.75) is 57.8 Å². The molecule has 0 N–H and O–H groups in total. The third-order valence-electron chi connectivity index (χ3n) is 6.00. The molecule has 3 heterocycles. The zero-order valence-electron chi connectivity index (χ0n) is 20.6. The molecule has 10 heteroatoms. The van der Waals surface area contributed by atoms with Crippen molar-refractivity contribution in [3.05, 3.63) is 57.0 Å². The number of rotatable bonds is 7. The van der Waals surface area contributed by atoms with Gasteiger partial charge in [0.05, 0.1) is 6.33 Å². The van der Waals surface area contributed by atoms with Gasteiger partial charge in [-0.1, -0.05) is 56.8 Å². The minimum Gasteiger partial charge on any atom is -0.328 e. The van der Waals surface area contributed by atoms with Crippen molar-refractivity contribution in [1.82, 2.24) is 33.4 Å². The average molecular weight is 482 g/mol. The fourth-order valence-corrected chi connectivity index (χ4v) is 4.92. The Morgan fingerprint density at radius 3 is 2.35 bits per heavy atom. The highest BCUT2D eigenvalue weighted by molar-refractivity contribution is 7.99. The van der Waals surface area contributed by atoms with Gasteiger partial charge in [0.1, 0.15) is 0 Å². The first-order chi connectivity index (χ1) is 16.1. The quantitative estimate of drug-likeness (QED) is 0.297. The molecule has 0 saturated carbocycles. The Morgan fingerprint density at radius 1 is 1.00 bits per heavy atom. The van der Waals surface area contributed by atoms with E-state index in [1.165, 1.54) is 14.7 Å². The number of fused-ring (bicyclic) bond motifs is 1. The van der Waals surface area contributed by atoms with Crippen molar-refractivity contribution in [3.63, 3.8) is 0 Å². The first-order valence-corrected chi connectivity index (χ1v) is 12.4. The van der Waals surface area contributed by atoms with Crippen LogP contribution in [0.5, 0.6) is 0 Å². The molecule has 0 aliphatic heterocycles. The Labute approximate surface area is 202 Å². The first-order valence-electron chi connectivity index (χ1n) is 11.4. The molecule has 0 amide bonds. The summed E-state index contributed by atoms with van der Waals surface area (Å²) in [6, 6.07) is 8.49. The molecular formula is C24H31N7O2S. The van der Waals surface area contributed by atoms with Gasteiger partial charge in [0, 0.05) is 38.5 Å². The van der Waals surface area contributed by atoms with Crippen molar-refractivity contribution < 1.29 is 0 Å². The Balaban J connectivity index is 1.48. The molecule has 180 valence electrons. The predicted octanol–water partition coefficient (Wildman–Crippen LogP) is 3.19. The fraction of sp³-hybridized carbons (Fsp3) is 0.458. The van der Waals surface area contributed by atoms with E-state index in [2.05, 4.69) is 71.7 Å². The number of nitrogens with zero attached hydrogens (tertiary/aromatic N) is 7. The summed E-state index contributed by atoms with van der Waals surface area (Å²) in [4.78, 5) is 29.7. The molecule has 0 unspecified atom stereocenters. The van der Waals surface area contributed by atoms with Gasteiger partial charge < -0.3 is 9.13 Å². The second kappa shape index (κ2) is 9.25. The summed E-state index contributed by atoms with van der Waals surface area (Å²) in [6.45, 7) is 9.76. The van der Waals surface area contributed by atoms with Crippen molar-refractivity contribution in [3.8, 4) is 11.4 Å². The Bertz CT molecular complexity index is 1440. The summed E-state index contributed by atoms with van der Waals surface area (Å²) >= 11 is 1.59. The van der Waals surface area contributed by atoms with Crippen LogP contribution in [0.2, 0.25) is 0 Å². The van der Waals surface area contributed by atoms with E-state index in [0.29, 0.717) is 29.9 Å². The lowest BCUT2D eigenvalue weighted by Gasteiger charge is -2.19. The van der Waals surface area contributed by atoms with Crippen LogP contribution in [0.3, 0.4) is 0 Å². The molecule has 3 aromatic heterocycles. The van der Waals surface area contributed by atoms with Crippen LogP contribution < -0.4 is 11.2 Å². The number of hydrogen-bond donors (Lipinski definition) is 0. The number of aryl methyl sites for hydroxylation is 2. The average Bonchev–Trinajstić information content (AvgIpc) is 3.40. The first kappa shape index (κ1) is 24.0. The number of thioether (sulfide) groups is 1. The molecule has 0 aliphatic rings. The van der Waals surface area contributed by atoms with E-state index < -0.39 is 0 Å². The van der Waals surface area contributed by atoms with Crippen LogP contribution in [0.4, 0.5) is 0 Å². The Hall–Kier alpha value is -3.14. The number of benzene rings is 1. The topological polar surface area (TPSA) is 92.5 Å². The lowest BCUT2D eigenvalue weighted by Crippen LogP contribution is -2.39. The van der Waals surface area contributed by atoms with E-state index in [-0.39, 0.29) is 16.7 Å². The summed E-state index contributed by atoms with van der Waals surface area (Å²) in [5.74, 6) is 1.55. The van der Waals surface area contributed by atoms with Gasteiger partial charge in [0.15, 0.2) is 22.1 Å². The fourth-order valence-electron chi connectivity index (χ4n) is 3.99. The van der Waals surface area contributed by atoms with E-state index in [1.807, 2.05) is 0 Å². The third kappa shape index (κ3) is 4.34. The summed E-state index contributed by atoms with van der Waals surface area (Å²) in [7, 11) is 3.40. The zero-order valence-corrected chi connectivity index (χ0v) is 21.4. The number of imidazole rings is 1. The largest absolute Gasteiger partial charge is 0.332 e. The molecule has 34 heavy (non-hydrogen) atoms. The standard InChI is InChI=1S/C24H31N7O2S/c1-7-30-19(16-9-11-17(12-10-16)24(2,3)4)26-27-22(30)34-14-8-13-31-21(32)18-20(25-15-28(18)5)29(6)23(31)33/h9-12,15H,7-8,13-14H2,1-6H3. The summed E-state index contributed by atoms with van der Waals surface area (Å²) in [5, 5.41) is 9.67. The van der Waals surface area contributed by atoms with Crippen molar-refractivity contribution >= 4 is 22.9 Å². The summed E-state index contributed by atoms with van der Waals surface area (Å²) in [5.41, 5.74) is 2.60. The molecule has 0 spiro atoms. The van der Waals surface area contributed by atoms with E-state index in [9.17, 15) is 9.59 Å². The highest BCUT2D eigenvalue weighted by atomic mass is 32.2. The maximum absolute atomic E-state index is 12.8. The normalized spacial score (nSPS) is 12.1. The number of hydrogen-bond acceptors (Lipinski definition) is 6. The van der Waals surface area contributed by atoms with Crippen LogP contribution in [0.1, 0.15) is 39.7 Å². The highest BCUT2D eigenvalue weighted by Gasteiger charge is 2.17. The van der Waals surface area contributed by atoms with Crippen LogP contribution in [-0.2, 0) is 32.6 Å². The second-order valence-electron chi connectivity index (χ2n) is 9.41. The Kier molecular flexibility index (Phi) is 6.53. The summed E-state index contributed by atoms with van der Waals surface area (Å²) < 4.78 is 6.47. The molecule has 0 bridgehead atoms. The van der Waals surface area contributed by atoms with Crippen LogP contribution in [-0.4, -0.2) is 39.2 Å². The molecule has 0 atom stereocenters. The highest BCUT2D eigenvalue weighted by Crippen LogP contribution is 2.27. The molecular weight excluding hydrogens is 450 g/mol. The molecule has 4 rings (SSSR count). The maximum Gasteiger partial charge on any atom is 0.332 e. The van der Waals surface area contributed by atoms with Gasteiger partial charge in [0.25, 0.3) is 5.56 Å². The van der Waals surface area contributed by atoms with Crippen LogP contribution >= 0.6 is 11.8 Å². The minimum atomic E-state index is -0.348. The predicted molar refractivity (Wildman–Crippen MR) is 135 cm³/mol. The van der Waals surface area contributed by atoms with Crippen molar-refractivity contribution in [2.75, 3.05) is 5.75 Å². The second-order valence-corrected chi connectivity index (χ2v) is 10.5. The lowest BCUT2D eigenvalue weighted by molar-refractivity contribution is 0.590. The molecule has 0 radical (unpaired) electrons.